The first-order chi connectivity index (χ1) is 12.4. The highest BCUT2D eigenvalue weighted by Gasteiger charge is 2.26. The summed E-state index contributed by atoms with van der Waals surface area (Å²) in [6, 6.07) is 3.93. The molecule has 1 heterocycles. The standard InChI is InChI=1S/C18H22ClFN2O4/c1-2-26-16(24)7-6-15(23)22-10-8-12(9-11-22)21-18(25)17-13(19)4-3-5-14(17)20/h3-5,12H,2,6-11H2,1H3,(H,21,25). The van der Waals surface area contributed by atoms with Gasteiger partial charge in [0.25, 0.3) is 5.91 Å². The van der Waals surface area contributed by atoms with Gasteiger partial charge >= 0.3 is 5.97 Å². The zero-order valence-electron chi connectivity index (χ0n) is 14.6. The van der Waals surface area contributed by atoms with Crippen molar-refractivity contribution in [3.8, 4) is 0 Å². The van der Waals surface area contributed by atoms with Crippen LogP contribution in [0.3, 0.4) is 0 Å². The number of amides is 2. The number of likely N-dealkylation sites (tertiary alicyclic amines) is 1. The molecule has 6 nitrogen and oxygen atoms in total. The van der Waals surface area contributed by atoms with E-state index in [0.29, 0.717) is 32.5 Å². The Bertz CT molecular complexity index is 655. The number of benzene rings is 1. The second-order valence-corrected chi connectivity index (χ2v) is 6.44. The Hall–Kier alpha value is -2.15. The van der Waals surface area contributed by atoms with E-state index < -0.39 is 11.7 Å². The van der Waals surface area contributed by atoms with Gasteiger partial charge in [-0.05, 0) is 31.9 Å². The van der Waals surface area contributed by atoms with Crippen LogP contribution < -0.4 is 5.32 Å². The monoisotopic (exact) mass is 384 g/mol. The van der Waals surface area contributed by atoms with Gasteiger partial charge in [0.2, 0.25) is 5.91 Å². The number of halogens is 2. The van der Waals surface area contributed by atoms with Gasteiger partial charge in [-0.1, -0.05) is 17.7 Å². The highest BCUT2D eigenvalue weighted by molar-refractivity contribution is 6.33. The number of carbonyl (C=O) groups is 3. The Morgan fingerprint density at radius 1 is 1.27 bits per heavy atom. The second kappa shape index (κ2) is 9.52. The molecule has 0 aromatic heterocycles. The average Bonchev–Trinajstić information content (AvgIpc) is 2.60. The maximum atomic E-state index is 13.8. The summed E-state index contributed by atoms with van der Waals surface area (Å²) in [6.45, 7) is 2.95. The van der Waals surface area contributed by atoms with Crippen molar-refractivity contribution in [1.29, 1.82) is 0 Å². The summed E-state index contributed by atoms with van der Waals surface area (Å²) in [5.41, 5.74) is -0.165. The van der Waals surface area contributed by atoms with Crippen LogP contribution in [0.15, 0.2) is 18.2 Å². The van der Waals surface area contributed by atoms with Crippen molar-refractivity contribution in [3.05, 3.63) is 34.6 Å². The second-order valence-electron chi connectivity index (χ2n) is 6.03. The summed E-state index contributed by atoms with van der Waals surface area (Å²) in [4.78, 5) is 37.3. The zero-order chi connectivity index (χ0) is 19.1. The smallest absolute Gasteiger partial charge is 0.306 e. The molecular weight excluding hydrogens is 363 g/mol. The molecule has 0 atom stereocenters. The van der Waals surface area contributed by atoms with Gasteiger partial charge < -0.3 is 15.0 Å². The van der Waals surface area contributed by atoms with Crippen LogP contribution in [-0.4, -0.2) is 48.4 Å². The maximum absolute atomic E-state index is 13.8. The van der Waals surface area contributed by atoms with E-state index in [1.165, 1.54) is 18.2 Å². The van der Waals surface area contributed by atoms with Gasteiger partial charge in [0.1, 0.15) is 5.82 Å². The van der Waals surface area contributed by atoms with E-state index in [1.54, 1.807) is 11.8 Å². The molecule has 1 aromatic rings. The molecule has 0 bridgehead atoms. The van der Waals surface area contributed by atoms with Gasteiger partial charge in [-0.25, -0.2) is 4.39 Å². The molecule has 0 spiro atoms. The van der Waals surface area contributed by atoms with Crippen LogP contribution in [0.4, 0.5) is 4.39 Å². The number of nitrogens with one attached hydrogen (secondary N) is 1. The number of nitrogens with zero attached hydrogens (tertiary/aromatic N) is 1. The lowest BCUT2D eigenvalue weighted by atomic mass is 10.0. The Morgan fingerprint density at radius 3 is 2.58 bits per heavy atom. The Balaban J connectivity index is 1.80. The van der Waals surface area contributed by atoms with Crippen molar-refractivity contribution < 1.29 is 23.5 Å². The number of ether oxygens (including phenoxy) is 1. The molecule has 2 rings (SSSR count). The molecule has 0 radical (unpaired) electrons. The molecule has 2 amide bonds. The Kier molecular flexibility index (Phi) is 7.38. The van der Waals surface area contributed by atoms with E-state index >= 15 is 0 Å². The number of piperidine rings is 1. The van der Waals surface area contributed by atoms with Crippen LogP contribution in [-0.2, 0) is 14.3 Å². The molecule has 1 N–H and O–H groups in total. The molecule has 0 saturated carbocycles. The molecule has 1 aliphatic rings. The normalized spacial score (nSPS) is 14.8. The van der Waals surface area contributed by atoms with E-state index in [1.807, 2.05) is 0 Å². The molecule has 8 heteroatoms. The topological polar surface area (TPSA) is 75.7 Å². The summed E-state index contributed by atoms with van der Waals surface area (Å²) >= 11 is 5.90. The van der Waals surface area contributed by atoms with Crippen LogP contribution in [0.2, 0.25) is 5.02 Å². The summed E-state index contributed by atoms with van der Waals surface area (Å²) < 4.78 is 18.6. The SMILES string of the molecule is CCOC(=O)CCC(=O)N1CCC(NC(=O)c2c(F)cccc2Cl)CC1. The van der Waals surface area contributed by atoms with Crippen LogP contribution in [0.1, 0.15) is 43.0 Å². The first-order valence-electron chi connectivity index (χ1n) is 8.60. The highest BCUT2D eigenvalue weighted by Crippen LogP contribution is 2.20. The number of hydrogen-bond acceptors (Lipinski definition) is 4. The van der Waals surface area contributed by atoms with E-state index in [9.17, 15) is 18.8 Å². The third kappa shape index (κ3) is 5.42. The number of esters is 1. The number of hydrogen-bond donors (Lipinski definition) is 1. The molecule has 1 fully saturated rings. The van der Waals surface area contributed by atoms with Crippen molar-refractivity contribution in [1.82, 2.24) is 10.2 Å². The van der Waals surface area contributed by atoms with Gasteiger partial charge in [-0.3, -0.25) is 14.4 Å². The lowest BCUT2D eigenvalue weighted by molar-refractivity contribution is -0.145. The molecule has 1 aliphatic heterocycles. The molecule has 0 unspecified atom stereocenters. The summed E-state index contributed by atoms with van der Waals surface area (Å²) in [7, 11) is 0. The van der Waals surface area contributed by atoms with Gasteiger partial charge in [-0.15, -0.1) is 0 Å². The van der Waals surface area contributed by atoms with Crippen LogP contribution >= 0.6 is 11.6 Å². The fraction of sp³-hybridized carbons (Fsp3) is 0.500. The predicted octanol–water partition coefficient (Wildman–Crippen LogP) is 2.54. The minimum atomic E-state index is -0.665. The molecule has 1 aromatic carbocycles. The maximum Gasteiger partial charge on any atom is 0.306 e. The first-order valence-corrected chi connectivity index (χ1v) is 8.98. The van der Waals surface area contributed by atoms with Gasteiger partial charge in [0, 0.05) is 25.6 Å². The van der Waals surface area contributed by atoms with Crippen molar-refractivity contribution in [2.45, 2.75) is 38.6 Å². The first kappa shape index (κ1) is 20.2. The van der Waals surface area contributed by atoms with E-state index in [2.05, 4.69) is 5.32 Å². The average molecular weight is 385 g/mol. The summed E-state index contributed by atoms with van der Waals surface area (Å²) in [5, 5.41) is 2.83. The van der Waals surface area contributed by atoms with Crippen LogP contribution in [0, 0.1) is 5.82 Å². The lowest BCUT2D eigenvalue weighted by Gasteiger charge is -2.32. The van der Waals surface area contributed by atoms with E-state index in [4.69, 9.17) is 16.3 Å². The zero-order valence-corrected chi connectivity index (χ0v) is 15.4. The number of rotatable bonds is 6. The fourth-order valence-electron chi connectivity index (χ4n) is 2.85. The third-order valence-corrected chi connectivity index (χ3v) is 4.54. The fourth-order valence-corrected chi connectivity index (χ4v) is 3.09. The van der Waals surface area contributed by atoms with Crippen molar-refractivity contribution in [2.24, 2.45) is 0 Å². The quantitative estimate of drug-likeness (QED) is 0.765. The lowest BCUT2D eigenvalue weighted by Crippen LogP contribution is -2.46. The van der Waals surface area contributed by atoms with Crippen LogP contribution in [0.5, 0.6) is 0 Å². The molecular formula is C18H22ClFN2O4. The van der Waals surface area contributed by atoms with Gasteiger partial charge in [-0.2, -0.15) is 0 Å². The Labute approximate surface area is 156 Å². The molecule has 142 valence electrons. The van der Waals surface area contributed by atoms with E-state index in [0.717, 1.165) is 0 Å². The number of carbonyl (C=O) groups excluding carboxylic acids is 3. The highest BCUT2D eigenvalue weighted by atomic mass is 35.5. The summed E-state index contributed by atoms with van der Waals surface area (Å²) in [5.74, 6) is -1.72. The largest absolute Gasteiger partial charge is 0.466 e. The van der Waals surface area contributed by atoms with Crippen LogP contribution in [0.25, 0.3) is 0 Å². The minimum absolute atomic E-state index is 0.0640. The van der Waals surface area contributed by atoms with Crippen molar-refractivity contribution >= 4 is 29.4 Å². The van der Waals surface area contributed by atoms with E-state index in [-0.39, 0.29) is 41.3 Å². The Morgan fingerprint density at radius 2 is 1.96 bits per heavy atom. The van der Waals surface area contributed by atoms with Gasteiger partial charge in [0.05, 0.1) is 23.6 Å². The molecule has 0 aliphatic carbocycles. The molecule has 26 heavy (non-hydrogen) atoms. The van der Waals surface area contributed by atoms with Gasteiger partial charge in [0.15, 0.2) is 0 Å². The summed E-state index contributed by atoms with van der Waals surface area (Å²) in [6.07, 6.45) is 1.29. The predicted molar refractivity (Wildman–Crippen MR) is 94.3 cm³/mol. The van der Waals surface area contributed by atoms with Crippen molar-refractivity contribution in [2.75, 3.05) is 19.7 Å². The third-order valence-electron chi connectivity index (χ3n) is 4.22. The van der Waals surface area contributed by atoms with Crippen molar-refractivity contribution in [3.63, 3.8) is 0 Å². The molecule has 1 saturated heterocycles. The minimum Gasteiger partial charge on any atom is -0.466 e.